The summed E-state index contributed by atoms with van der Waals surface area (Å²) in [5, 5.41) is 16.2. The Morgan fingerprint density at radius 2 is 2.18 bits per heavy atom. The maximum absolute atomic E-state index is 10.0. The summed E-state index contributed by atoms with van der Waals surface area (Å²) in [7, 11) is 0. The number of carbonyl (C=O) groups is 1. The summed E-state index contributed by atoms with van der Waals surface area (Å²) >= 11 is 0. The standard InChI is InChI=1S/C6H13NO4/c7-5(11-10)3-1-2-4-6(8)9/h5,10H,1-4,7H2,(H,8,9). The molecule has 0 amide bonds. The Hall–Kier alpha value is -0.650. The smallest absolute Gasteiger partial charge is 0.303 e. The quantitative estimate of drug-likeness (QED) is 0.228. The first-order chi connectivity index (χ1) is 5.16. The van der Waals surface area contributed by atoms with Crippen LogP contribution in [0.1, 0.15) is 25.7 Å². The molecule has 0 aromatic carbocycles. The van der Waals surface area contributed by atoms with Crippen molar-refractivity contribution in [3.63, 3.8) is 0 Å². The van der Waals surface area contributed by atoms with Crippen molar-refractivity contribution in [2.24, 2.45) is 5.73 Å². The molecule has 0 aliphatic rings. The number of hydrogen-bond donors (Lipinski definition) is 3. The lowest BCUT2D eigenvalue weighted by Crippen LogP contribution is -2.21. The van der Waals surface area contributed by atoms with Gasteiger partial charge in [-0.15, -0.1) is 0 Å². The van der Waals surface area contributed by atoms with Crippen LogP contribution in [0.4, 0.5) is 0 Å². The number of aliphatic carboxylic acids is 1. The molecule has 0 aliphatic heterocycles. The normalized spacial score (nSPS) is 12.9. The molecule has 0 saturated carbocycles. The SMILES string of the molecule is NC(CCCCC(=O)O)OO. The van der Waals surface area contributed by atoms with Crippen LogP contribution in [0, 0.1) is 0 Å². The van der Waals surface area contributed by atoms with Crippen molar-refractivity contribution < 1.29 is 20.0 Å². The lowest BCUT2D eigenvalue weighted by molar-refractivity contribution is -0.278. The molecule has 0 rings (SSSR count). The maximum atomic E-state index is 10.0. The van der Waals surface area contributed by atoms with Crippen LogP contribution < -0.4 is 5.73 Å². The van der Waals surface area contributed by atoms with E-state index < -0.39 is 12.2 Å². The fourth-order valence-corrected chi connectivity index (χ4v) is 0.674. The zero-order chi connectivity index (χ0) is 8.69. The van der Waals surface area contributed by atoms with Gasteiger partial charge in [-0.3, -0.25) is 10.1 Å². The molecular formula is C6H13NO4. The summed E-state index contributed by atoms with van der Waals surface area (Å²) in [5.41, 5.74) is 5.17. The minimum Gasteiger partial charge on any atom is -0.481 e. The molecule has 0 aromatic rings. The van der Waals surface area contributed by atoms with Crippen molar-refractivity contribution >= 4 is 5.97 Å². The Morgan fingerprint density at radius 3 is 2.64 bits per heavy atom. The Labute approximate surface area is 64.7 Å². The van der Waals surface area contributed by atoms with E-state index in [0.717, 1.165) is 0 Å². The van der Waals surface area contributed by atoms with Gasteiger partial charge >= 0.3 is 5.97 Å². The molecule has 0 saturated heterocycles. The highest BCUT2D eigenvalue weighted by Crippen LogP contribution is 2.01. The highest BCUT2D eigenvalue weighted by atomic mass is 17.1. The van der Waals surface area contributed by atoms with Gasteiger partial charge in [0.2, 0.25) is 0 Å². The Kier molecular flexibility index (Phi) is 5.73. The average molecular weight is 163 g/mol. The third-order valence-electron chi connectivity index (χ3n) is 1.26. The molecule has 0 aromatic heterocycles. The molecule has 0 heterocycles. The summed E-state index contributed by atoms with van der Waals surface area (Å²) in [5.74, 6) is -0.816. The zero-order valence-corrected chi connectivity index (χ0v) is 6.19. The first-order valence-corrected chi connectivity index (χ1v) is 3.44. The third-order valence-corrected chi connectivity index (χ3v) is 1.26. The summed E-state index contributed by atoms with van der Waals surface area (Å²) in [6, 6.07) is 0. The molecule has 1 atom stereocenters. The van der Waals surface area contributed by atoms with Crippen LogP contribution in [0.5, 0.6) is 0 Å². The largest absolute Gasteiger partial charge is 0.481 e. The number of hydrogen-bond acceptors (Lipinski definition) is 4. The molecule has 11 heavy (non-hydrogen) atoms. The number of rotatable bonds is 6. The average Bonchev–Trinajstić information content (AvgIpc) is 1.97. The molecule has 0 spiro atoms. The molecule has 0 fully saturated rings. The minimum atomic E-state index is -0.816. The fraction of sp³-hybridized carbons (Fsp3) is 0.833. The van der Waals surface area contributed by atoms with Crippen LogP contribution in [-0.2, 0) is 9.68 Å². The van der Waals surface area contributed by atoms with E-state index in [9.17, 15) is 4.79 Å². The van der Waals surface area contributed by atoms with Crippen LogP contribution in [0.15, 0.2) is 0 Å². The predicted octanol–water partition coefficient (Wildman–Crippen LogP) is 0.406. The van der Waals surface area contributed by atoms with Crippen molar-refractivity contribution in [3.8, 4) is 0 Å². The van der Waals surface area contributed by atoms with Crippen LogP contribution >= 0.6 is 0 Å². The van der Waals surface area contributed by atoms with Gasteiger partial charge in [-0.05, 0) is 19.3 Å². The lowest BCUT2D eigenvalue weighted by atomic mass is 10.2. The Morgan fingerprint density at radius 1 is 1.55 bits per heavy atom. The van der Waals surface area contributed by atoms with Crippen LogP contribution in [0.2, 0.25) is 0 Å². The van der Waals surface area contributed by atoms with Crippen molar-refractivity contribution in [2.45, 2.75) is 31.9 Å². The van der Waals surface area contributed by atoms with E-state index in [4.69, 9.17) is 16.1 Å². The van der Waals surface area contributed by atoms with Crippen LogP contribution in [0.3, 0.4) is 0 Å². The fourth-order valence-electron chi connectivity index (χ4n) is 0.674. The van der Waals surface area contributed by atoms with Crippen molar-refractivity contribution in [2.75, 3.05) is 0 Å². The van der Waals surface area contributed by atoms with Gasteiger partial charge in [-0.25, -0.2) is 4.89 Å². The van der Waals surface area contributed by atoms with Crippen LogP contribution in [-0.4, -0.2) is 22.6 Å². The summed E-state index contributed by atoms with van der Waals surface area (Å²) < 4.78 is 0. The van der Waals surface area contributed by atoms with Gasteiger partial charge in [-0.2, -0.15) is 0 Å². The van der Waals surface area contributed by atoms with E-state index in [1.165, 1.54) is 0 Å². The Balaban J connectivity index is 3.08. The number of carboxylic acids is 1. The van der Waals surface area contributed by atoms with Crippen molar-refractivity contribution in [3.05, 3.63) is 0 Å². The highest BCUT2D eigenvalue weighted by molar-refractivity contribution is 5.66. The van der Waals surface area contributed by atoms with Gasteiger partial charge in [0.1, 0.15) is 6.23 Å². The van der Waals surface area contributed by atoms with Gasteiger partial charge in [0.25, 0.3) is 0 Å². The molecule has 66 valence electrons. The van der Waals surface area contributed by atoms with E-state index in [2.05, 4.69) is 4.89 Å². The van der Waals surface area contributed by atoms with Gasteiger partial charge in [0.05, 0.1) is 0 Å². The van der Waals surface area contributed by atoms with E-state index in [1.807, 2.05) is 0 Å². The molecule has 5 heteroatoms. The second kappa shape index (κ2) is 6.09. The minimum absolute atomic E-state index is 0.137. The third kappa shape index (κ3) is 7.24. The highest BCUT2D eigenvalue weighted by Gasteiger charge is 2.01. The summed E-state index contributed by atoms with van der Waals surface area (Å²) in [4.78, 5) is 13.8. The first-order valence-electron chi connectivity index (χ1n) is 3.44. The molecular weight excluding hydrogens is 150 g/mol. The number of carboxylic acid groups (broad SMARTS) is 1. The maximum Gasteiger partial charge on any atom is 0.303 e. The predicted molar refractivity (Wildman–Crippen MR) is 37.8 cm³/mol. The van der Waals surface area contributed by atoms with Crippen molar-refractivity contribution in [1.82, 2.24) is 0 Å². The van der Waals surface area contributed by atoms with Gasteiger partial charge < -0.3 is 10.8 Å². The van der Waals surface area contributed by atoms with E-state index in [-0.39, 0.29) is 6.42 Å². The van der Waals surface area contributed by atoms with Gasteiger partial charge in [0, 0.05) is 6.42 Å². The molecule has 1 unspecified atom stereocenters. The second-order valence-corrected chi connectivity index (χ2v) is 2.28. The van der Waals surface area contributed by atoms with Crippen molar-refractivity contribution in [1.29, 1.82) is 0 Å². The monoisotopic (exact) mass is 163 g/mol. The summed E-state index contributed by atoms with van der Waals surface area (Å²) in [6.07, 6.45) is 1.13. The van der Waals surface area contributed by atoms with Gasteiger partial charge in [0.15, 0.2) is 0 Å². The molecule has 0 aliphatic carbocycles. The molecule has 4 N–H and O–H groups in total. The second-order valence-electron chi connectivity index (χ2n) is 2.28. The van der Waals surface area contributed by atoms with Crippen LogP contribution in [0.25, 0.3) is 0 Å². The summed E-state index contributed by atoms with van der Waals surface area (Å²) in [6.45, 7) is 0. The first kappa shape index (κ1) is 10.3. The Bertz CT molecular complexity index is 117. The number of nitrogens with two attached hydrogens (primary N) is 1. The lowest BCUT2D eigenvalue weighted by Gasteiger charge is -2.04. The topological polar surface area (TPSA) is 92.8 Å². The molecule has 5 nitrogen and oxygen atoms in total. The van der Waals surface area contributed by atoms with E-state index >= 15 is 0 Å². The van der Waals surface area contributed by atoms with E-state index in [0.29, 0.717) is 19.3 Å². The zero-order valence-electron chi connectivity index (χ0n) is 6.19. The molecule has 0 radical (unpaired) electrons. The number of unbranched alkanes of at least 4 members (excludes halogenated alkanes) is 1. The van der Waals surface area contributed by atoms with E-state index in [1.54, 1.807) is 0 Å². The molecule has 0 bridgehead atoms. The van der Waals surface area contributed by atoms with Gasteiger partial charge in [-0.1, -0.05) is 0 Å².